The van der Waals surface area contributed by atoms with Crippen molar-refractivity contribution in [1.29, 1.82) is 0 Å². The molecule has 0 radical (unpaired) electrons. The van der Waals surface area contributed by atoms with Gasteiger partial charge in [0, 0.05) is 6.20 Å². The van der Waals surface area contributed by atoms with Crippen molar-refractivity contribution in [2.24, 2.45) is 5.41 Å². The van der Waals surface area contributed by atoms with Crippen LogP contribution in [0.25, 0.3) is 11.0 Å². The lowest BCUT2D eigenvalue weighted by atomic mass is 9.99. The lowest BCUT2D eigenvalue weighted by molar-refractivity contribution is 0.0993. The number of fused-ring (bicyclic) bond motifs is 1. The highest BCUT2D eigenvalue weighted by atomic mass is 35.5. The predicted molar refractivity (Wildman–Crippen MR) is 78.5 cm³/mol. The third kappa shape index (κ3) is 3.10. The molecule has 0 saturated carbocycles. The summed E-state index contributed by atoms with van der Waals surface area (Å²) in [5.74, 6) is 0.236. The van der Waals surface area contributed by atoms with Gasteiger partial charge in [-0.1, -0.05) is 20.8 Å². The third-order valence-corrected chi connectivity index (χ3v) is 2.90. The fourth-order valence-electron chi connectivity index (χ4n) is 1.74. The predicted octanol–water partition coefficient (Wildman–Crippen LogP) is 3.19. The first kappa shape index (κ1) is 14.8. The standard InChI is InChI=1S/C14H18ClN3O2/c1-8(15)11(19)9-5-16-12-10(9)13(18-7-17-12)20-6-14(2,3)4/h5,7-8H,6H2,1-4H3,(H,16,17,18). The minimum absolute atomic E-state index is 0.00245. The van der Waals surface area contributed by atoms with E-state index in [2.05, 4.69) is 35.7 Å². The van der Waals surface area contributed by atoms with Gasteiger partial charge in [-0.3, -0.25) is 4.79 Å². The quantitative estimate of drug-likeness (QED) is 0.695. The van der Waals surface area contributed by atoms with Crippen LogP contribution >= 0.6 is 11.6 Å². The molecule has 0 saturated heterocycles. The molecule has 0 aliphatic heterocycles. The summed E-state index contributed by atoms with van der Waals surface area (Å²) in [6.07, 6.45) is 3.01. The number of alkyl halides is 1. The molecule has 0 amide bonds. The van der Waals surface area contributed by atoms with Crippen molar-refractivity contribution in [1.82, 2.24) is 15.0 Å². The maximum absolute atomic E-state index is 12.1. The number of Topliss-reactive ketones (excluding diaryl/α,β-unsaturated/α-hetero) is 1. The largest absolute Gasteiger partial charge is 0.477 e. The summed E-state index contributed by atoms with van der Waals surface area (Å²) in [4.78, 5) is 23.3. The average Bonchev–Trinajstić information content (AvgIpc) is 2.78. The van der Waals surface area contributed by atoms with Crippen LogP contribution in [0.5, 0.6) is 5.88 Å². The monoisotopic (exact) mass is 295 g/mol. The fraction of sp³-hybridized carbons (Fsp3) is 0.500. The molecule has 2 rings (SSSR count). The van der Waals surface area contributed by atoms with Crippen molar-refractivity contribution < 1.29 is 9.53 Å². The van der Waals surface area contributed by atoms with E-state index in [4.69, 9.17) is 16.3 Å². The second-order valence-corrected chi connectivity index (χ2v) is 6.59. The molecule has 2 aromatic heterocycles. The lowest BCUT2D eigenvalue weighted by Gasteiger charge is -2.18. The number of ketones is 1. The third-order valence-electron chi connectivity index (χ3n) is 2.70. The van der Waals surface area contributed by atoms with Gasteiger partial charge in [0.15, 0.2) is 5.78 Å². The van der Waals surface area contributed by atoms with Crippen molar-refractivity contribution in [3.05, 3.63) is 18.1 Å². The molecule has 1 atom stereocenters. The molecule has 0 aliphatic carbocycles. The van der Waals surface area contributed by atoms with E-state index in [1.807, 2.05) is 0 Å². The molecule has 0 aromatic carbocycles. The first-order chi connectivity index (χ1) is 9.29. The molecule has 0 aliphatic rings. The second-order valence-electron chi connectivity index (χ2n) is 5.93. The summed E-state index contributed by atoms with van der Waals surface area (Å²) >= 11 is 5.88. The molecule has 0 bridgehead atoms. The number of aromatic nitrogens is 3. The van der Waals surface area contributed by atoms with Crippen molar-refractivity contribution in [3.8, 4) is 5.88 Å². The van der Waals surface area contributed by atoms with E-state index in [0.717, 1.165) is 0 Å². The van der Waals surface area contributed by atoms with E-state index in [0.29, 0.717) is 29.1 Å². The second kappa shape index (κ2) is 5.40. The van der Waals surface area contributed by atoms with Crippen LogP contribution in [0.15, 0.2) is 12.5 Å². The zero-order valence-corrected chi connectivity index (χ0v) is 12.8. The Morgan fingerprint density at radius 3 is 2.75 bits per heavy atom. The van der Waals surface area contributed by atoms with Crippen molar-refractivity contribution in [2.75, 3.05) is 6.61 Å². The normalized spacial score (nSPS) is 13.4. The zero-order valence-electron chi connectivity index (χ0n) is 12.0. The number of hydrogen-bond acceptors (Lipinski definition) is 4. The number of nitrogens with one attached hydrogen (secondary N) is 1. The van der Waals surface area contributed by atoms with E-state index < -0.39 is 5.38 Å². The molecular formula is C14H18ClN3O2. The van der Waals surface area contributed by atoms with Gasteiger partial charge in [-0.2, -0.15) is 0 Å². The number of aromatic amines is 1. The maximum atomic E-state index is 12.1. The molecule has 1 N–H and O–H groups in total. The number of H-pyrrole nitrogens is 1. The van der Waals surface area contributed by atoms with Crippen LogP contribution in [0.2, 0.25) is 0 Å². The van der Waals surface area contributed by atoms with Gasteiger partial charge in [-0.15, -0.1) is 11.6 Å². The highest BCUT2D eigenvalue weighted by Crippen LogP contribution is 2.28. The Hall–Kier alpha value is -1.62. The van der Waals surface area contributed by atoms with Crippen LogP contribution < -0.4 is 4.74 Å². The van der Waals surface area contributed by atoms with Gasteiger partial charge in [0.1, 0.15) is 12.0 Å². The van der Waals surface area contributed by atoms with E-state index in [1.54, 1.807) is 13.1 Å². The number of ether oxygens (including phenoxy) is 1. The van der Waals surface area contributed by atoms with Crippen LogP contribution in [-0.2, 0) is 0 Å². The van der Waals surface area contributed by atoms with Gasteiger partial charge < -0.3 is 9.72 Å². The van der Waals surface area contributed by atoms with E-state index in [1.165, 1.54) is 6.33 Å². The average molecular weight is 296 g/mol. The number of carbonyl (C=O) groups is 1. The number of halogens is 1. The Balaban J connectivity index is 2.44. The maximum Gasteiger partial charge on any atom is 0.226 e. The molecule has 20 heavy (non-hydrogen) atoms. The minimum atomic E-state index is -0.607. The summed E-state index contributed by atoms with van der Waals surface area (Å²) in [5, 5.41) is -0.0149. The van der Waals surface area contributed by atoms with Gasteiger partial charge in [0.2, 0.25) is 5.88 Å². The fourth-order valence-corrected chi connectivity index (χ4v) is 1.85. The highest BCUT2D eigenvalue weighted by Gasteiger charge is 2.22. The Kier molecular flexibility index (Phi) is 3.99. The minimum Gasteiger partial charge on any atom is -0.477 e. The van der Waals surface area contributed by atoms with Crippen LogP contribution in [0.4, 0.5) is 0 Å². The zero-order chi connectivity index (χ0) is 14.9. The highest BCUT2D eigenvalue weighted by molar-refractivity contribution is 6.35. The Morgan fingerprint density at radius 1 is 1.45 bits per heavy atom. The molecule has 0 spiro atoms. The van der Waals surface area contributed by atoms with E-state index >= 15 is 0 Å². The molecule has 5 nitrogen and oxygen atoms in total. The van der Waals surface area contributed by atoms with Crippen LogP contribution in [0.1, 0.15) is 38.1 Å². The lowest BCUT2D eigenvalue weighted by Crippen LogP contribution is -2.18. The van der Waals surface area contributed by atoms with Crippen LogP contribution in [0, 0.1) is 5.41 Å². The number of nitrogens with zero attached hydrogens (tertiary/aromatic N) is 2. The van der Waals surface area contributed by atoms with Gasteiger partial charge in [-0.25, -0.2) is 9.97 Å². The topological polar surface area (TPSA) is 67.9 Å². The first-order valence-corrected chi connectivity index (χ1v) is 6.86. The van der Waals surface area contributed by atoms with Gasteiger partial charge in [0.25, 0.3) is 0 Å². The van der Waals surface area contributed by atoms with Gasteiger partial charge in [-0.05, 0) is 12.3 Å². The Labute approximate surface area is 122 Å². The molecule has 6 heteroatoms. The summed E-state index contributed by atoms with van der Waals surface area (Å²) in [6.45, 7) is 8.33. The number of rotatable bonds is 4. The molecule has 108 valence electrons. The summed E-state index contributed by atoms with van der Waals surface area (Å²) in [6, 6.07) is 0. The van der Waals surface area contributed by atoms with Crippen molar-refractivity contribution in [2.45, 2.75) is 33.1 Å². The van der Waals surface area contributed by atoms with E-state index in [9.17, 15) is 4.79 Å². The molecule has 1 unspecified atom stereocenters. The van der Waals surface area contributed by atoms with Gasteiger partial charge in [0.05, 0.1) is 22.9 Å². The SMILES string of the molecule is CC(Cl)C(=O)c1c[nH]c2ncnc(OCC(C)(C)C)c12. The summed E-state index contributed by atoms with van der Waals surface area (Å²) in [7, 11) is 0. The van der Waals surface area contributed by atoms with Crippen LogP contribution in [-0.4, -0.2) is 32.7 Å². The summed E-state index contributed by atoms with van der Waals surface area (Å²) in [5.41, 5.74) is 1.04. The summed E-state index contributed by atoms with van der Waals surface area (Å²) < 4.78 is 5.75. The molecule has 2 aromatic rings. The molecule has 2 heterocycles. The van der Waals surface area contributed by atoms with Crippen molar-refractivity contribution >= 4 is 28.4 Å². The Morgan fingerprint density at radius 2 is 2.15 bits per heavy atom. The number of hydrogen-bond donors (Lipinski definition) is 1. The molecular weight excluding hydrogens is 278 g/mol. The smallest absolute Gasteiger partial charge is 0.226 e. The first-order valence-electron chi connectivity index (χ1n) is 6.43. The van der Waals surface area contributed by atoms with E-state index in [-0.39, 0.29) is 11.2 Å². The van der Waals surface area contributed by atoms with Gasteiger partial charge >= 0.3 is 0 Å². The molecule has 0 fully saturated rings. The van der Waals surface area contributed by atoms with Crippen LogP contribution in [0.3, 0.4) is 0 Å². The Bertz CT molecular complexity index is 629. The van der Waals surface area contributed by atoms with Crippen molar-refractivity contribution in [3.63, 3.8) is 0 Å². The number of carbonyl (C=O) groups excluding carboxylic acids is 1.